The summed E-state index contributed by atoms with van der Waals surface area (Å²) in [5.41, 5.74) is 3.87. The highest BCUT2D eigenvalue weighted by atomic mass is 35.5. The highest BCUT2D eigenvalue weighted by molar-refractivity contribution is 6.30. The molecule has 0 radical (unpaired) electrons. The molecular formula is C23H21ClN4O2. The monoisotopic (exact) mass is 420 g/mol. The Morgan fingerprint density at radius 2 is 1.83 bits per heavy atom. The molecule has 0 fully saturated rings. The minimum atomic E-state index is -0.292. The first-order valence-electron chi connectivity index (χ1n) is 9.53. The van der Waals surface area contributed by atoms with Crippen molar-refractivity contribution in [1.82, 2.24) is 14.8 Å². The summed E-state index contributed by atoms with van der Waals surface area (Å²) >= 11 is 5.87. The van der Waals surface area contributed by atoms with Crippen LogP contribution in [0.25, 0.3) is 16.7 Å². The molecule has 0 aliphatic carbocycles. The largest absolute Gasteiger partial charge is 0.484 e. The summed E-state index contributed by atoms with van der Waals surface area (Å²) < 4.78 is 7.17. The predicted molar refractivity (Wildman–Crippen MR) is 119 cm³/mol. The van der Waals surface area contributed by atoms with E-state index in [2.05, 4.69) is 16.5 Å². The molecule has 30 heavy (non-hydrogen) atoms. The number of ether oxygens (including phenoxy) is 1. The lowest BCUT2D eigenvalue weighted by molar-refractivity contribution is -0.118. The second-order valence-electron chi connectivity index (χ2n) is 7.14. The molecule has 0 saturated heterocycles. The summed E-state index contributed by atoms with van der Waals surface area (Å²) in [6.07, 6.45) is 0. The summed E-state index contributed by atoms with van der Waals surface area (Å²) in [5.74, 6) is 1.47. The van der Waals surface area contributed by atoms with Gasteiger partial charge < -0.3 is 10.1 Å². The Balaban J connectivity index is 1.58. The average molecular weight is 421 g/mol. The first-order chi connectivity index (χ1) is 14.4. The van der Waals surface area contributed by atoms with Crippen molar-refractivity contribution >= 4 is 34.2 Å². The summed E-state index contributed by atoms with van der Waals surface area (Å²) in [6.45, 7) is 5.82. The minimum absolute atomic E-state index is 0.130. The summed E-state index contributed by atoms with van der Waals surface area (Å²) in [5, 5.41) is 9.10. The Bertz CT molecular complexity index is 1230. The summed E-state index contributed by atoms with van der Waals surface area (Å²) in [7, 11) is 0. The Labute approximate surface area is 179 Å². The van der Waals surface area contributed by atoms with Crippen molar-refractivity contribution in [2.45, 2.75) is 20.8 Å². The van der Waals surface area contributed by atoms with E-state index < -0.39 is 0 Å². The van der Waals surface area contributed by atoms with E-state index in [9.17, 15) is 4.79 Å². The SMILES string of the molecule is Cc1cc(NC(=O)COc2ccc(Cl)cc2)n(-c2cc(C)c3cccc(C)c3n2)n1. The predicted octanol–water partition coefficient (Wildman–Crippen LogP) is 5.02. The quantitative estimate of drug-likeness (QED) is 0.492. The first kappa shape index (κ1) is 19.9. The molecule has 0 saturated carbocycles. The van der Waals surface area contributed by atoms with Gasteiger partial charge in [-0.2, -0.15) is 9.78 Å². The standard InChI is InChI=1S/C23H21ClN4O2/c1-14-5-4-6-19-15(2)11-20(26-23(14)19)28-21(12-16(3)27-28)25-22(29)13-30-18-9-7-17(24)8-10-18/h4-12H,13H2,1-3H3,(H,25,29). The van der Waals surface area contributed by atoms with Crippen LogP contribution in [0.15, 0.2) is 54.6 Å². The van der Waals surface area contributed by atoms with Crippen LogP contribution >= 0.6 is 11.6 Å². The Morgan fingerprint density at radius 1 is 1.07 bits per heavy atom. The topological polar surface area (TPSA) is 69.0 Å². The zero-order valence-electron chi connectivity index (χ0n) is 16.9. The van der Waals surface area contributed by atoms with Gasteiger partial charge in [0.05, 0.1) is 11.2 Å². The van der Waals surface area contributed by atoms with Gasteiger partial charge in [0.1, 0.15) is 11.6 Å². The van der Waals surface area contributed by atoms with Crippen LogP contribution in [0.1, 0.15) is 16.8 Å². The number of nitrogens with zero attached hydrogens (tertiary/aromatic N) is 3. The normalized spacial score (nSPS) is 10.9. The van der Waals surface area contributed by atoms with Gasteiger partial charge in [-0.15, -0.1) is 0 Å². The van der Waals surface area contributed by atoms with E-state index in [-0.39, 0.29) is 12.5 Å². The molecule has 1 amide bonds. The molecule has 6 nitrogen and oxygen atoms in total. The number of anilines is 1. The smallest absolute Gasteiger partial charge is 0.263 e. The van der Waals surface area contributed by atoms with Crippen molar-refractivity contribution in [3.63, 3.8) is 0 Å². The Hall–Kier alpha value is -3.38. The molecule has 4 aromatic rings. The van der Waals surface area contributed by atoms with Crippen LogP contribution in [-0.4, -0.2) is 27.3 Å². The summed E-state index contributed by atoms with van der Waals surface area (Å²) in [4.78, 5) is 17.2. The second kappa shape index (κ2) is 8.16. The molecule has 2 heterocycles. The number of aryl methyl sites for hydroxylation is 3. The van der Waals surface area contributed by atoms with Gasteiger partial charge in [0, 0.05) is 16.5 Å². The van der Waals surface area contributed by atoms with Gasteiger partial charge in [0.15, 0.2) is 12.4 Å². The Kier molecular flexibility index (Phi) is 5.42. The number of halogens is 1. The van der Waals surface area contributed by atoms with E-state index in [1.807, 2.05) is 39.0 Å². The molecule has 7 heteroatoms. The number of pyridine rings is 1. The lowest BCUT2D eigenvalue weighted by Gasteiger charge is -2.12. The van der Waals surface area contributed by atoms with Crippen LogP contribution in [-0.2, 0) is 4.79 Å². The van der Waals surface area contributed by atoms with Crippen molar-refractivity contribution in [2.75, 3.05) is 11.9 Å². The molecule has 0 unspecified atom stereocenters. The highest BCUT2D eigenvalue weighted by Crippen LogP contribution is 2.24. The molecule has 0 aliphatic rings. The van der Waals surface area contributed by atoms with Crippen molar-refractivity contribution in [1.29, 1.82) is 0 Å². The summed E-state index contributed by atoms with van der Waals surface area (Å²) in [6, 6.07) is 16.7. The molecule has 0 aliphatic heterocycles. The zero-order chi connectivity index (χ0) is 21.3. The van der Waals surface area contributed by atoms with Gasteiger partial charge in [0.25, 0.3) is 5.91 Å². The molecule has 152 valence electrons. The second-order valence-corrected chi connectivity index (χ2v) is 7.58. The maximum Gasteiger partial charge on any atom is 0.263 e. The van der Waals surface area contributed by atoms with Crippen molar-refractivity contribution in [2.24, 2.45) is 0 Å². The van der Waals surface area contributed by atoms with Gasteiger partial charge in [-0.25, -0.2) is 4.98 Å². The lowest BCUT2D eigenvalue weighted by atomic mass is 10.1. The molecule has 0 spiro atoms. The highest BCUT2D eigenvalue weighted by Gasteiger charge is 2.14. The van der Waals surface area contributed by atoms with Crippen LogP contribution in [0.2, 0.25) is 5.02 Å². The first-order valence-corrected chi connectivity index (χ1v) is 9.91. The number of carbonyl (C=O) groups is 1. The Morgan fingerprint density at radius 3 is 2.60 bits per heavy atom. The number of carbonyl (C=O) groups excluding carboxylic acids is 1. The van der Waals surface area contributed by atoms with E-state index in [1.54, 1.807) is 35.0 Å². The van der Waals surface area contributed by atoms with Crippen molar-refractivity contribution in [3.05, 3.63) is 76.4 Å². The van der Waals surface area contributed by atoms with Crippen molar-refractivity contribution < 1.29 is 9.53 Å². The molecule has 0 atom stereocenters. The minimum Gasteiger partial charge on any atom is -0.484 e. The molecule has 4 rings (SSSR count). The number of rotatable bonds is 5. The van der Waals surface area contributed by atoms with Crippen LogP contribution in [0.4, 0.5) is 5.82 Å². The number of aromatic nitrogens is 3. The van der Waals surface area contributed by atoms with Crippen LogP contribution in [0.5, 0.6) is 5.75 Å². The maximum absolute atomic E-state index is 12.5. The van der Waals surface area contributed by atoms with Crippen LogP contribution < -0.4 is 10.1 Å². The van der Waals surface area contributed by atoms with Gasteiger partial charge in [-0.1, -0.05) is 29.8 Å². The van der Waals surface area contributed by atoms with E-state index in [0.29, 0.717) is 22.4 Å². The van der Waals surface area contributed by atoms with E-state index >= 15 is 0 Å². The molecule has 0 bridgehead atoms. The number of nitrogens with one attached hydrogen (secondary N) is 1. The molecule has 1 N–H and O–H groups in total. The number of hydrogen-bond acceptors (Lipinski definition) is 4. The zero-order valence-corrected chi connectivity index (χ0v) is 17.7. The fourth-order valence-electron chi connectivity index (χ4n) is 3.27. The van der Waals surface area contributed by atoms with Crippen molar-refractivity contribution in [3.8, 4) is 11.6 Å². The third-order valence-corrected chi connectivity index (χ3v) is 4.99. The third kappa shape index (κ3) is 4.14. The number of fused-ring (bicyclic) bond motifs is 1. The number of amides is 1. The van der Waals surface area contributed by atoms with E-state index in [0.717, 1.165) is 27.7 Å². The van der Waals surface area contributed by atoms with Gasteiger partial charge in [-0.05, 0) is 62.2 Å². The van der Waals surface area contributed by atoms with Gasteiger partial charge in [0.2, 0.25) is 0 Å². The number of para-hydroxylation sites is 1. The lowest BCUT2D eigenvalue weighted by Crippen LogP contribution is -2.22. The number of hydrogen-bond donors (Lipinski definition) is 1. The number of benzene rings is 2. The van der Waals surface area contributed by atoms with Gasteiger partial charge >= 0.3 is 0 Å². The molecule has 2 aromatic carbocycles. The third-order valence-electron chi connectivity index (χ3n) is 4.73. The molecule has 2 aromatic heterocycles. The molecular weight excluding hydrogens is 400 g/mol. The fraction of sp³-hybridized carbons (Fsp3) is 0.174. The van der Waals surface area contributed by atoms with E-state index in [4.69, 9.17) is 21.3 Å². The fourth-order valence-corrected chi connectivity index (χ4v) is 3.40. The van der Waals surface area contributed by atoms with Gasteiger partial charge in [-0.3, -0.25) is 4.79 Å². The average Bonchev–Trinajstić information content (AvgIpc) is 3.08. The maximum atomic E-state index is 12.5. The van der Waals surface area contributed by atoms with Crippen LogP contribution in [0, 0.1) is 20.8 Å². The van der Waals surface area contributed by atoms with E-state index in [1.165, 1.54) is 0 Å². The van der Waals surface area contributed by atoms with Crippen LogP contribution in [0.3, 0.4) is 0 Å².